The van der Waals surface area contributed by atoms with E-state index in [1.807, 2.05) is 24.3 Å². The van der Waals surface area contributed by atoms with E-state index in [1.165, 1.54) is 11.8 Å². The zero-order chi connectivity index (χ0) is 23.9. The Morgan fingerprint density at radius 1 is 1.12 bits per heavy atom. The van der Waals surface area contributed by atoms with Crippen LogP contribution in [0.5, 0.6) is 5.75 Å². The van der Waals surface area contributed by atoms with Crippen molar-refractivity contribution in [2.24, 2.45) is 0 Å². The molecule has 184 valence electrons. The van der Waals surface area contributed by atoms with Crippen molar-refractivity contribution in [1.29, 1.82) is 0 Å². The van der Waals surface area contributed by atoms with Gasteiger partial charge < -0.3 is 24.0 Å². The molecule has 1 aromatic heterocycles. The van der Waals surface area contributed by atoms with Crippen LogP contribution in [0.25, 0.3) is 11.4 Å². The number of aromatic nitrogens is 3. The highest BCUT2D eigenvalue weighted by molar-refractivity contribution is 7.99. The largest absolute Gasteiger partial charge is 0.497 e. The molecule has 0 spiro atoms. The van der Waals surface area contributed by atoms with Crippen molar-refractivity contribution in [2.75, 3.05) is 52.3 Å². The fraction of sp³-hybridized carbons (Fsp3) is 0.565. The first-order valence-corrected chi connectivity index (χ1v) is 12.6. The quantitative estimate of drug-likeness (QED) is 0.522. The third kappa shape index (κ3) is 5.82. The van der Waals surface area contributed by atoms with Crippen LogP contribution in [0.2, 0.25) is 0 Å². The number of methoxy groups -OCH3 is 1. The highest BCUT2D eigenvalue weighted by atomic mass is 32.2. The summed E-state index contributed by atoms with van der Waals surface area (Å²) in [6.45, 7) is 5.49. The van der Waals surface area contributed by atoms with E-state index in [9.17, 15) is 9.59 Å². The van der Waals surface area contributed by atoms with Gasteiger partial charge in [-0.1, -0.05) is 11.8 Å². The Balaban J connectivity index is 1.41. The Labute approximate surface area is 203 Å². The molecule has 2 amide bonds. The molecule has 2 aliphatic heterocycles. The predicted octanol–water partition coefficient (Wildman–Crippen LogP) is 2.53. The standard InChI is InChI=1S/C23H31N5O5S/c1-3-32-23(30)27-12-10-26(11-13-27)20(29)16-34-22-25-24-21(17-6-8-18(31-2)9-7-17)28(22)15-19-5-4-14-33-19/h6-9,19H,3-5,10-16H2,1-2H3. The molecule has 1 atom stereocenters. The van der Waals surface area contributed by atoms with Gasteiger partial charge in [-0.05, 0) is 44.0 Å². The van der Waals surface area contributed by atoms with Crippen LogP contribution in [0.4, 0.5) is 4.79 Å². The maximum atomic E-state index is 12.9. The van der Waals surface area contributed by atoms with E-state index >= 15 is 0 Å². The number of piperazine rings is 1. The van der Waals surface area contributed by atoms with E-state index in [1.54, 1.807) is 23.8 Å². The van der Waals surface area contributed by atoms with Gasteiger partial charge in [0, 0.05) is 38.3 Å². The van der Waals surface area contributed by atoms with Crippen molar-refractivity contribution in [2.45, 2.75) is 37.6 Å². The van der Waals surface area contributed by atoms with Gasteiger partial charge in [0.25, 0.3) is 0 Å². The van der Waals surface area contributed by atoms with Crippen LogP contribution in [0.15, 0.2) is 29.4 Å². The first kappa shape index (κ1) is 24.3. The van der Waals surface area contributed by atoms with Gasteiger partial charge in [-0.3, -0.25) is 9.36 Å². The minimum atomic E-state index is -0.322. The zero-order valence-electron chi connectivity index (χ0n) is 19.6. The molecule has 1 aromatic carbocycles. The van der Waals surface area contributed by atoms with Crippen molar-refractivity contribution in [3.05, 3.63) is 24.3 Å². The summed E-state index contributed by atoms with van der Waals surface area (Å²) < 4.78 is 18.2. The van der Waals surface area contributed by atoms with Gasteiger partial charge in [0.1, 0.15) is 5.75 Å². The average Bonchev–Trinajstić information content (AvgIpc) is 3.53. The second-order valence-electron chi connectivity index (χ2n) is 8.14. The lowest BCUT2D eigenvalue weighted by atomic mass is 10.2. The summed E-state index contributed by atoms with van der Waals surface area (Å²) in [5, 5.41) is 9.53. The first-order chi connectivity index (χ1) is 16.6. The molecule has 34 heavy (non-hydrogen) atoms. The fourth-order valence-corrected chi connectivity index (χ4v) is 4.93. The topological polar surface area (TPSA) is 99.0 Å². The van der Waals surface area contributed by atoms with Gasteiger partial charge in [0.2, 0.25) is 5.91 Å². The third-order valence-corrected chi connectivity index (χ3v) is 6.91. The molecule has 1 unspecified atom stereocenters. The summed E-state index contributed by atoms with van der Waals surface area (Å²) in [6.07, 6.45) is 1.83. The number of hydrogen-bond acceptors (Lipinski definition) is 8. The Bertz CT molecular complexity index is 969. The van der Waals surface area contributed by atoms with Crippen LogP contribution in [0.3, 0.4) is 0 Å². The zero-order valence-corrected chi connectivity index (χ0v) is 20.5. The second-order valence-corrected chi connectivity index (χ2v) is 9.08. The monoisotopic (exact) mass is 489 g/mol. The predicted molar refractivity (Wildman–Crippen MR) is 127 cm³/mol. The highest BCUT2D eigenvalue weighted by Crippen LogP contribution is 2.28. The molecular formula is C23H31N5O5S. The summed E-state index contributed by atoms with van der Waals surface area (Å²) in [7, 11) is 1.64. The van der Waals surface area contributed by atoms with Gasteiger partial charge >= 0.3 is 6.09 Å². The van der Waals surface area contributed by atoms with Gasteiger partial charge in [-0.25, -0.2) is 4.79 Å². The molecule has 3 heterocycles. The molecular weight excluding hydrogens is 458 g/mol. The molecule has 2 aromatic rings. The first-order valence-electron chi connectivity index (χ1n) is 11.6. The Hall–Kier alpha value is -2.79. The maximum Gasteiger partial charge on any atom is 0.409 e. The number of hydrogen-bond donors (Lipinski definition) is 0. The number of ether oxygens (including phenoxy) is 3. The van der Waals surface area contributed by atoms with Crippen molar-refractivity contribution < 1.29 is 23.8 Å². The van der Waals surface area contributed by atoms with Crippen LogP contribution >= 0.6 is 11.8 Å². The number of rotatable bonds is 8. The second kappa shape index (κ2) is 11.6. The minimum absolute atomic E-state index is 0.0196. The summed E-state index contributed by atoms with van der Waals surface area (Å²) in [6, 6.07) is 7.70. The minimum Gasteiger partial charge on any atom is -0.497 e. The molecule has 0 N–H and O–H groups in total. The van der Waals surface area contributed by atoms with Crippen molar-refractivity contribution in [3.63, 3.8) is 0 Å². The average molecular weight is 490 g/mol. The molecule has 4 rings (SSSR count). The molecule has 0 bridgehead atoms. The van der Waals surface area contributed by atoms with E-state index in [4.69, 9.17) is 14.2 Å². The number of benzene rings is 1. The number of thioether (sulfide) groups is 1. The van der Waals surface area contributed by atoms with Crippen LogP contribution < -0.4 is 4.74 Å². The highest BCUT2D eigenvalue weighted by Gasteiger charge is 2.26. The summed E-state index contributed by atoms with van der Waals surface area (Å²) >= 11 is 1.38. The normalized spacial score (nSPS) is 18.2. The lowest BCUT2D eigenvalue weighted by molar-refractivity contribution is -0.129. The molecule has 10 nitrogen and oxygen atoms in total. The van der Waals surface area contributed by atoms with E-state index in [0.29, 0.717) is 44.5 Å². The molecule has 0 saturated carbocycles. The number of nitrogens with zero attached hydrogens (tertiary/aromatic N) is 5. The van der Waals surface area contributed by atoms with Crippen LogP contribution in [-0.2, 0) is 20.8 Å². The van der Waals surface area contributed by atoms with Gasteiger partial charge in [0.05, 0.1) is 32.1 Å². The SMILES string of the molecule is CCOC(=O)N1CCN(C(=O)CSc2nnc(-c3ccc(OC)cc3)n2CC2CCCO2)CC1. The van der Waals surface area contributed by atoms with Gasteiger partial charge in [0.15, 0.2) is 11.0 Å². The van der Waals surface area contributed by atoms with Crippen LogP contribution in [-0.4, -0.2) is 94.9 Å². The number of carbonyl (C=O) groups excluding carboxylic acids is 2. The Kier molecular flexibility index (Phi) is 8.28. The lowest BCUT2D eigenvalue weighted by Gasteiger charge is -2.34. The van der Waals surface area contributed by atoms with E-state index in [0.717, 1.165) is 36.6 Å². The lowest BCUT2D eigenvalue weighted by Crippen LogP contribution is -2.51. The summed E-state index contributed by atoms with van der Waals surface area (Å²) in [5.41, 5.74) is 0.930. The molecule has 2 aliphatic rings. The van der Waals surface area contributed by atoms with Crippen LogP contribution in [0.1, 0.15) is 19.8 Å². The molecule has 11 heteroatoms. The van der Waals surface area contributed by atoms with Crippen molar-refractivity contribution in [3.8, 4) is 17.1 Å². The van der Waals surface area contributed by atoms with Crippen LogP contribution in [0, 0.1) is 0 Å². The summed E-state index contributed by atoms with van der Waals surface area (Å²) in [4.78, 5) is 28.2. The third-order valence-electron chi connectivity index (χ3n) is 5.96. The molecule has 2 fully saturated rings. The van der Waals surface area contributed by atoms with Gasteiger partial charge in [-0.2, -0.15) is 0 Å². The van der Waals surface area contributed by atoms with E-state index < -0.39 is 0 Å². The van der Waals surface area contributed by atoms with Crippen molar-refractivity contribution in [1.82, 2.24) is 24.6 Å². The van der Waals surface area contributed by atoms with Crippen molar-refractivity contribution >= 4 is 23.8 Å². The maximum absolute atomic E-state index is 12.9. The molecule has 0 radical (unpaired) electrons. The molecule has 0 aliphatic carbocycles. The van der Waals surface area contributed by atoms with E-state index in [-0.39, 0.29) is 23.9 Å². The Morgan fingerprint density at radius 3 is 2.50 bits per heavy atom. The van der Waals surface area contributed by atoms with Gasteiger partial charge in [-0.15, -0.1) is 10.2 Å². The fourth-order valence-electron chi connectivity index (χ4n) is 4.08. The number of amides is 2. The smallest absolute Gasteiger partial charge is 0.409 e. The molecule has 2 saturated heterocycles. The summed E-state index contributed by atoms with van der Waals surface area (Å²) in [5.74, 6) is 1.80. The Morgan fingerprint density at radius 2 is 1.85 bits per heavy atom. The van der Waals surface area contributed by atoms with E-state index in [2.05, 4.69) is 14.8 Å². The number of carbonyl (C=O) groups is 2.